The van der Waals surface area contributed by atoms with Gasteiger partial charge in [-0.1, -0.05) is 12.2 Å². The number of hydrogen-bond donors (Lipinski definition) is 2. The van der Waals surface area contributed by atoms with Gasteiger partial charge in [-0.2, -0.15) is 0 Å². The first-order valence-corrected chi connectivity index (χ1v) is 7.98. The van der Waals surface area contributed by atoms with E-state index in [4.69, 9.17) is 0 Å². The van der Waals surface area contributed by atoms with E-state index in [0.717, 1.165) is 58.4 Å². The third-order valence-corrected chi connectivity index (χ3v) is 4.56. The topological polar surface area (TPSA) is 64.7 Å². The van der Waals surface area contributed by atoms with Crippen LogP contribution in [0.25, 0.3) is 0 Å². The van der Waals surface area contributed by atoms with Crippen molar-refractivity contribution >= 4 is 11.9 Å². The molecular weight excluding hydrogens is 268 g/mol. The van der Waals surface area contributed by atoms with Crippen molar-refractivity contribution in [1.82, 2.24) is 20.4 Å². The van der Waals surface area contributed by atoms with Crippen LogP contribution in [0.3, 0.4) is 0 Å². The second kappa shape index (κ2) is 6.47. The molecule has 0 radical (unpaired) electrons. The number of urea groups is 1. The lowest BCUT2D eigenvalue weighted by atomic mass is 10.0. The van der Waals surface area contributed by atoms with Crippen LogP contribution in [-0.2, 0) is 4.79 Å². The Hall–Kier alpha value is -1.56. The Kier molecular flexibility index (Phi) is 4.43. The summed E-state index contributed by atoms with van der Waals surface area (Å²) in [6.07, 6.45) is 7.83. The van der Waals surface area contributed by atoms with Crippen molar-refractivity contribution < 1.29 is 9.59 Å². The molecule has 6 heteroatoms. The number of likely N-dealkylation sites (tertiary alicyclic amines) is 2. The monoisotopic (exact) mass is 292 g/mol. The third kappa shape index (κ3) is 3.37. The van der Waals surface area contributed by atoms with Crippen LogP contribution in [-0.4, -0.2) is 66.5 Å². The fourth-order valence-corrected chi connectivity index (χ4v) is 3.26. The Morgan fingerprint density at radius 2 is 1.71 bits per heavy atom. The molecule has 0 aromatic heterocycles. The van der Waals surface area contributed by atoms with E-state index in [9.17, 15) is 9.59 Å². The highest BCUT2D eigenvalue weighted by Crippen LogP contribution is 2.16. The molecular formula is C15H24N4O2. The van der Waals surface area contributed by atoms with E-state index in [1.165, 1.54) is 0 Å². The molecule has 0 aromatic rings. The Balaban J connectivity index is 1.43. The first-order chi connectivity index (χ1) is 10.2. The number of carbonyl (C=O) groups excluding carboxylic acids is 2. The van der Waals surface area contributed by atoms with E-state index >= 15 is 0 Å². The van der Waals surface area contributed by atoms with Crippen molar-refractivity contribution in [2.75, 3.05) is 32.7 Å². The largest absolute Gasteiger partial charge is 0.352 e. The summed E-state index contributed by atoms with van der Waals surface area (Å²) in [7, 11) is 0. The number of amides is 3. The normalized spacial score (nSPS) is 26.4. The van der Waals surface area contributed by atoms with Gasteiger partial charge in [-0.05, 0) is 25.7 Å². The van der Waals surface area contributed by atoms with Gasteiger partial charge in [0.2, 0.25) is 5.91 Å². The quantitative estimate of drug-likeness (QED) is 0.720. The summed E-state index contributed by atoms with van der Waals surface area (Å²) in [4.78, 5) is 28.2. The number of carbonyl (C=O) groups is 2. The fourth-order valence-electron chi connectivity index (χ4n) is 3.26. The Labute approximate surface area is 125 Å². The lowest BCUT2D eigenvalue weighted by molar-refractivity contribution is -0.122. The van der Waals surface area contributed by atoms with Crippen molar-refractivity contribution in [2.45, 2.75) is 37.8 Å². The molecule has 0 saturated carbocycles. The molecule has 3 aliphatic rings. The van der Waals surface area contributed by atoms with Crippen molar-refractivity contribution in [1.29, 1.82) is 0 Å². The molecule has 3 aliphatic heterocycles. The average Bonchev–Trinajstić information content (AvgIpc) is 3.20. The van der Waals surface area contributed by atoms with Crippen molar-refractivity contribution in [3.05, 3.63) is 12.2 Å². The highest BCUT2D eigenvalue weighted by Gasteiger charge is 2.29. The number of nitrogens with zero attached hydrogens (tertiary/aromatic N) is 2. The SMILES string of the molecule is O=C(NC1CCN(C(=O)N2CCCC2)CC1)[C@H]1C=CCN1. The summed E-state index contributed by atoms with van der Waals surface area (Å²) in [5.74, 6) is 0.0491. The summed E-state index contributed by atoms with van der Waals surface area (Å²) >= 11 is 0. The van der Waals surface area contributed by atoms with Gasteiger partial charge in [0.15, 0.2) is 0 Å². The van der Waals surface area contributed by atoms with Crippen LogP contribution >= 0.6 is 0 Å². The van der Waals surface area contributed by atoms with Crippen LogP contribution in [0.4, 0.5) is 4.79 Å². The van der Waals surface area contributed by atoms with Gasteiger partial charge >= 0.3 is 6.03 Å². The fraction of sp³-hybridized carbons (Fsp3) is 0.733. The van der Waals surface area contributed by atoms with Crippen molar-refractivity contribution in [3.63, 3.8) is 0 Å². The smallest absolute Gasteiger partial charge is 0.319 e. The highest BCUT2D eigenvalue weighted by molar-refractivity contribution is 5.84. The molecule has 2 saturated heterocycles. The second-order valence-electron chi connectivity index (χ2n) is 6.06. The minimum atomic E-state index is -0.186. The van der Waals surface area contributed by atoms with Gasteiger partial charge in [0.25, 0.3) is 0 Å². The van der Waals surface area contributed by atoms with Crippen LogP contribution in [0.1, 0.15) is 25.7 Å². The predicted molar refractivity (Wildman–Crippen MR) is 79.9 cm³/mol. The minimum Gasteiger partial charge on any atom is -0.352 e. The first kappa shape index (κ1) is 14.4. The third-order valence-electron chi connectivity index (χ3n) is 4.56. The zero-order valence-electron chi connectivity index (χ0n) is 12.4. The Morgan fingerprint density at radius 1 is 1.05 bits per heavy atom. The molecule has 21 heavy (non-hydrogen) atoms. The minimum absolute atomic E-state index is 0.0491. The number of hydrogen-bond acceptors (Lipinski definition) is 3. The molecule has 0 unspecified atom stereocenters. The molecule has 3 rings (SSSR count). The molecule has 1 atom stereocenters. The van der Waals surface area contributed by atoms with Crippen molar-refractivity contribution in [2.24, 2.45) is 0 Å². The predicted octanol–water partition coefficient (Wildman–Crippen LogP) is 0.311. The van der Waals surface area contributed by atoms with Crippen LogP contribution in [0, 0.1) is 0 Å². The van der Waals surface area contributed by atoms with Gasteiger partial charge in [0.1, 0.15) is 6.04 Å². The maximum absolute atomic E-state index is 12.3. The van der Waals surface area contributed by atoms with Crippen LogP contribution in [0.2, 0.25) is 0 Å². The summed E-state index contributed by atoms with van der Waals surface area (Å²) in [6, 6.07) is 0.183. The maximum Gasteiger partial charge on any atom is 0.319 e. The highest BCUT2D eigenvalue weighted by atomic mass is 16.2. The molecule has 3 amide bonds. The number of nitrogens with one attached hydrogen (secondary N) is 2. The van der Waals surface area contributed by atoms with Crippen molar-refractivity contribution in [3.8, 4) is 0 Å². The van der Waals surface area contributed by atoms with E-state index in [0.29, 0.717) is 0 Å². The molecule has 2 fully saturated rings. The van der Waals surface area contributed by atoms with E-state index in [-0.39, 0.29) is 24.0 Å². The Morgan fingerprint density at radius 3 is 2.33 bits per heavy atom. The second-order valence-corrected chi connectivity index (χ2v) is 6.06. The van der Waals surface area contributed by atoms with Crippen LogP contribution in [0.5, 0.6) is 0 Å². The summed E-state index contributed by atoms with van der Waals surface area (Å²) in [6.45, 7) is 4.05. The maximum atomic E-state index is 12.3. The van der Waals surface area contributed by atoms with Gasteiger partial charge in [-0.25, -0.2) is 4.79 Å². The van der Waals surface area contributed by atoms with E-state index in [1.54, 1.807) is 0 Å². The molecule has 2 N–H and O–H groups in total. The van der Waals surface area contributed by atoms with E-state index in [1.807, 2.05) is 22.0 Å². The summed E-state index contributed by atoms with van der Waals surface area (Å²) in [5, 5.41) is 6.20. The summed E-state index contributed by atoms with van der Waals surface area (Å²) < 4.78 is 0. The molecule has 0 aliphatic carbocycles. The summed E-state index contributed by atoms with van der Waals surface area (Å²) in [5.41, 5.74) is 0. The number of rotatable bonds is 2. The lowest BCUT2D eigenvalue weighted by Gasteiger charge is -2.35. The standard InChI is InChI=1S/C15H24N4O2/c20-14(13-4-3-7-16-13)17-12-5-10-19(11-6-12)15(21)18-8-1-2-9-18/h3-4,12-13,16H,1-2,5-11H2,(H,17,20)/t13-/m1/s1. The average molecular weight is 292 g/mol. The zero-order valence-corrected chi connectivity index (χ0v) is 12.4. The van der Waals surface area contributed by atoms with Gasteiger partial charge < -0.3 is 15.1 Å². The Bertz CT molecular complexity index is 423. The van der Waals surface area contributed by atoms with Gasteiger partial charge in [0, 0.05) is 38.8 Å². The van der Waals surface area contributed by atoms with E-state index in [2.05, 4.69) is 10.6 Å². The molecule has 0 aromatic carbocycles. The molecule has 0 spiro atoms. The van der Waals surface area contributed by atoms with Crippen LogP contribution < -0.4 is 10.6 Å². The molecule has 3 heterocycles. The van der Waals surface area contributed by atoms with Gasteiger partial charge in [-0.15, -0.1) is 0 Å². The first-order valence-electron chi connectivity index (χ1n) is 7.98. The zero-order chi connectivity index (χ0) is 14.7. The van der Waals surface area contributed by atoms with Crippen LogP contribution in [0.15, 0.2) is 12.2 Å². The van der Waals surface area contributed by atoms with Gasteiger partial charge in [0.05, 0.1) is 0 Å². The lowest BCUT2D eigenvalue weighted by Crippen LogP contribution is -2.52. The molecule has 116 valence electrons. The molecule has 0 bridgehead atoms. The van der Waals surface area contributed by atoms with Gasteiger partial charge in [-0.3, -0.25) is 10.1 Å². The molecule has 6 nitrogen and oxygen atoms in total. The number of piperidine rings is 1. The van der Waals surface area contributed by atoms with E-state index < -0.39 is 0 Å².